The molecule has 0 aliphatic carbocycles. The van der Waals surface area contributed by atoms with E-state index in [0.717, 1.165) is 0 Å². The summed E-state index contributed by atoms with van der Waals surface area (Å²) in [7, 11) is 0. The van der Waals surface area contributed by atoms with Crippen LogP contribution in [-0.4, -0.2) is 34.6 Å². The molecule has 0 spiro atoms. The Morgan fingerprint density at radius 2 is 2.17 bits per heavy atom. The number of carbonyl (C=O) groups excluding carboxylic acids is 1. The standard InChI is InChI=1S/C14H16FNO2/c1-2-14(18)9-16(10-14)13(17)8-7-11-5-3-4-6-12(11)15/h3-8,18H,2,9-10H2,1H3. The Labute approximate surface area is 106 Å². The molecule has 1 aliphatic rings. The summed E-state index contributed by atoms with van der Waals surface area (Å²) in [4.78, 5) is 13.3. The van der Waals surface area contributed by atoms with Gasteiger partial charge in [0.05, 0.1) is 18.7 Å². The lowest BCUT2D eigenvalue weighted by Gasteiger charge is -2.45. The highest BCUT2D eigenvalue weighted by Crippen LogP contribution is 2.24. The largest absolute Gasteiger partial charge is 0.386 e. The summed E-state index contributed by atoms with van der Waals surface area (Å²) in [5.41, 5.74) is -0.348. The second kappa shape index (κ2) is 4.90. The highest BCUT2D eigenvalue weighted by Gasteiger charge is 2.41. The second-order valence-corrected chi connectivity index (χ2v) is 4.63. The van der Waals surface area contributed by atoms with Gasteiger partial charge >= 0.3 is 0 Å². The van der Waals surface area contributed by atoms with Gasteiger partial charge in [-0.1, -0.05) is 25.1 Å². The van der Waals surface area contributed by atoms with Crippen molar-refractivity contribution in [2.24, 2.45) is 0 Å². The SMILES string of the molecule is CCC1(O)CN(C(=O)C=Cc2ccccc2F)C1. The summed E-state index contributed by atoms with van der Waals surface area (Å²) in [6.07, 6.45) is 3.43. The molecule has 4 heteroatoms. The van der Waals surface area contributed by atoms with Gasteiger partial charge in [-0.05, 0) is 18.6 Å². The van der Waals surface area contributed by atoms with Crippen molar-refractivity contribution in [1.29, 1.82) is 0 Å². The van der Waals surface area contributed by atoms with Crippen molar-refractivity contribution in [3.05, 3.63) is 41.7 Å². The Kier molecular flexibility index (Phi) is 3.48. The minimum atomic E-state index is -0.735. The summed E-state index contributed by atoms with van der Waals surface area (Å²) < 4.78 is 13.3. The molecule has 0 saturated carbocycles. The lowest BCUT2D eigenvalue weighted by atomic mass is 9.91. The molecule has 1 aromatic carbocycles. The van der Waals surface area contributed by atoms with Crippen LogP contribution in [-0.2, 0) is 4.79 Å². The molecule has 96 valence electrons. The zero-order valence-corrected chi connectivity index (χ0v) is 10.3. The number of β-amino-alcohol motifs (C(OH)–C–C–N with tert-alkyl or cyclic N) is 1. The summed E-state index contributed by atoms with van der Waals surface area (Å²) in [6, 6.07) is 6.28. The average molecular weight is 249 g/mol. The van der Waals surface area contributed by atoms with Gasteiger partial charge in [-0.25, -0.2) is 4.39 Å². The van der Waals surface area contributed by atoms with Crippen molar-refractivity contribution in [1.82, 2.24) is 4.90 Å². The fourth-order valence-electron chi connectivity index (χ4n) is 1.92. The Bertz CT molecular complexity index is 478. The highest BCUT2D eigenvalue weighted by molar-refractivity contribution is 5.92. The first-order chi connectivity index (χ1) is 8.54. The maximum absolute atomic E-state index is 13.3. The number of amides is 1. The van der Waals surface area contributed by atoms with Gasteiger partial charge in [0, 0.05) is 11.6 Å². The van der Waals surface area contributed by atoms with Gasteiger partial charge in [0.15, 0.2) is 0 Å². The summed E-state index contributed by atoms with van der Waals surface area (Å²) in [5, 5.41) is 9.79. The Morgan fingerprint density at radius 1 is 1.50 bits per heavy atom. The fourth-order valence-corrected chi connectivity index (χ4v) is 1.92. The third kappa shape index (κ3) is 2.59. The van der Waals surface area contributed by atoms with Crippen molar-refractivity contribution in [2.45, 2.75) is 18.9 Å². The summed E-state index contributed by atoms with van der Waals surface area (Å²) in [6.45, 7) is 2.59. The number of halogens is 1. The van der Waals surface area contributed by atoms with E-state index in [1.165, 1.54) is 18.2 Å². The van der Waals surface area contributed by atoms with Gasteiger partial charge in [0.25, 0.3) is 0 Å². The molecular formula is C14H16FNO2. The molecule has 18 heavy (non-hydrogen) atoms. The molecule has 1 N–H and O–H groups in total. The molecule has 2 rings (SSSR count). The fraction of sp³-hybridized carbons (Fsp3) is 0.357. The number of hydrogen-bond donors (Lipinski definition) is 1. The van der Waals surface area contributed by atoms with Crippen molar-refractivity contribution < 1.29 is 14.3 Å². The zero-order chi connectivity index (χ0) is 13.2. The highest BCUT2D eigenvalue weighted by atomic mass is 19.1. The van der Waals surface area contributed by atoms with Crippen molar-refractivity contribution >= 4 is 12.0 Å². The van der Waals surface area contributed by atoms with Gasteiger partial charge in [-0.15, -0.1) is 0 Å². The molecule has 1 fully saturated rings. The van der Waals surface area contributed by atoms with E-state index >= 15 is 0 Å². The molecule has 1 aliphatic heterocycles. The van der Waals surface area contributed by atoms with Crippen molar-refractivity contribution in [3.8, 4) is 0 Å². The predicted octanol–water partition coefficient (Wildman–Crippen LogP) is 1.82. The van der Waals surface area contributed by atoms with Gasteiger partial charge in [-0.3, -0.25) is 4.79 Å². The van der Waals surface area contributed by atoms with Crippen LogP contribution in [0.25, 0.3) is 6.08 Å². The smallest absolute Gasteiger partial charge is 0.246 e. The monoisotopic (exact) mass is 249 g/mol. The summed E-state index contributed by atoms with van der Waals surface area (Å²) in [5.74, 6) is -0.549. The van der Waals surface area contributed by atoms with Crippen LogP contribution in [0, 0.1) is 5.82 Å². The van der Waals surface area contributed by atoms with E-state index in [2.05, 4.69) is 0 Å². The van der Waals surface area contributed by atoms with Gasteiger partial charge in [0.2, 0.25) is 5.91 Å². The van der Waals surface area contributed by atoms with E-state index in [4.69, 9.17) is 0 Å². The summed E-state index contributed by atoms with van der Waals surface area (Å²) >= 11 is 0. The number of likely N-dealkylation sites (tertiary alicyclic amines) is 1. The minimum absolute atomic E-state index is 0.198. The maximum atomic E-state index is 13.3. The van der Waals surface area contributed by atoms with Crippen LogP contribution >= 0.6 is 0 Å². The molecule has 1 heterocycles. The molecular weight excluding hydrogens is 233 g/mol. The molecule has 0 bridgehead atoms. The zero-order valence-electron chi connectivity index (χ0n) is 10.3. The van der Waals surface area contributed by atoms with Crippen LogP contribution < -0.4 is 0 Å². The quantitative estimate of drug-likeness (QED) is 0.830. The van der Waals surface area contributed by atoms with E-state index in [-0.39, 0.29) is 11.7 Å². The van der Waals surface area contributed by atoms with Crippen LogP contribution in [0.2, 0.25) is 0 Å². The number of hydrogen-bond acceptors (Lipinski definition) is 2. The topological polar surface area (TPSA) is 40.5 Å². The Morgan fingerprint density at radius 3 is 2.78 bits per heavy atom. The molecule has 0 unspecified atom stereocenters. The number of aliphatic hydroxyl groups is 1. The maximum Gasteiger partial charge on any atom is 0.246 e. The van der Waals surface area contributed by atoms with E-state index in [9.17, 15) is 14.3 Å². The van der Waals surface area contributed by atoms with Crippen molar-refractivity contribution in [2.75, 3.05) is 13.1 Å². The second-order valence-electron chi connectivity index (χ2n) is 4.63. The first-order valence-electron chi connectivity index (χ1n) is 5.98. The van der Waals surface area contributed by atoms with E-state index in [1.807, 2.05) is 6.92 Å². The number of nitrogens with zero attached hydrogens (tertiary/aromatic N) is 1. The van der Waals surface area contributed by atoms with Crippen LogP contribution in [0.15, 0.2) is 30.3 Å². The average Bonchev–Trinajstić information content (AvgIpc) is 2.33. The van der Waals surface area contributed by atoms with Gasteiger partial charge in [0.1, 0.15) is 5.82 Å². The minimum Gasteiger partial charge on any atom is -0.386 e. The lowest BCUT2D eigenvalue weighted by molar-refractivity contribution is -0.150. The van der Waals surface area contributed by atoms with Crippen LogP contribution in [0.1, 0.15) is 18.9 Å². The number of rotatable bonds is 3. The third-order valence-corrected chi connectivity index (χ3v) is 3.25. The molecule has 0 atom stereocenters. The lowest BCUT2D eigenvalue weighted by Crippen LogP contribution is -2.62. The Balaban J connectivity index is 1.95. The van der Waals surface area contributed by atoms with Crippen molar-refractivity contribution in [3.63, 3.8) is 0 Å². The molecule has 1 saturated heterocycles. The predicted molar refractivity (Wildman–Crippen MR) is 67.3 cm³/mol. The van der Waals surface area contributed by atoms with Gasteiger partial charge in [-0.2, -0.15) is 0 Å². The molecule has 1 aromatic rings. The number of benzene rings is 1. The van der Waals surface area contributed by atoms with E-state index in [1.54, 1.807) is 23.1 Å². The van der Waals surface area contributed by atoms with Crippen LogP contribution in [0.3, 0.4) is 0 Å². The first-order valence-corrected chi connectivity index (χ1v) is 5.98. The normalized spacial score (nSPS) is 17.8. The van der Waals surface area contributed by atoms with Crippen LogP contribution in [0.5, 0.6) is 0 Å². The third-order valence-electron chi connectivity index (χ3n) is 3.25. The van der Waals surface area contributed by atoms with E-state index in [0.29, 0.717) is 25.1 Å². The molecule has 3 nitrogen and oxygen atoms in total. The first kappa shape index (κ1) is 12.8. The number of carbonyl (C=O) groups is 1. The molecule has 0 radical (unpaired) electrons. The Hall–Kier alpha value is -1.68. The van der Waals surface area contributed by atoms with Crippen LogP contribution in [0.4, 0.5) is 4.39 Å². The van der Waals surface area contributed by atoms with Gasteiger partial charge < -0.3 is 10.0 Å². The molecule has 0 aromatic heterocycles. The van der Waals surface area contributed by atoms with E-state index < -0.39 is 5.60 Å². The molecule has 1 amide bonds.